The number of rotatable bonds is 7. The normalized spacial score (nSPS) is 10.4. The number of anilines is 1. The minimum Gasteiger partial charge on any atom is -0.339 e. The van der Waals surface area contributed by atoms with E-state index < -0.39 is 0 Å². The van der Waals surface area contributed by atoms with E-state index in [1.165, 1.54) is 0 Å². The Kier molecular flexibility index (Phi) is 8.40. The van der Waals surface area contributed by atoms with E-state index in [9.17, 15) is 9.59 Å². The molecule has 5 nitrogen and oxygen atoms in total. The monoisotopic (exact) mass is 349 g/mol. The van der Waals surface area contributed by atoms with Crippen molar-refractivity contribution in [2.24, 2.45) is 5.92 Å². The van der Waals surface area contributed by atoms with Crippen molar-refractivity contribution in [1.29, 1.82) is 0 Å². The Hall–Kier alpha value is -1.95. The molecule has 1 aromatic rings. The molecule has 1 aromatic carbocycles. The highest BCUT2D eigenvalue weighted by Crippen LogP contribution is 2.12. The fourth-order valence-corrected chi connectivity index (χ4v) is 2.37. The van der Waals surface area contributed by atoms with Gasteiger partial charge in [-0.15, -0.1) is 0 Å². The average Bonchev–Trinajstić information content (AvgIpc) is 2.54. The molecule has 0 saturated heterocycles. The van der Waals surface area contributed by atoms with Gasteiger partial charge in [0, 0.05) is 30.3 Å². The van der Waals surface area contributed by atoms with Crippen LogP contribution in [0, 0.1) is 5.92 Å². The maximum Gasteiger partial charge on any atom is 0.253 e. The van der Waals surface area contributed by atoms with E-state index in [0.29, 0.717) is 5.56 Å². The summed E-state index contributed by atoms with van der Waals surface area (Å²) in [6, 6.07) is 7.13. The van der Waals surface area contributed by atoms with Crippen LogP contribution in [0.1, 0.15) is 50.9 Å². The van der Waals surface area contributed by atoms with Crippen LogP contribution < -0.4 is 10.6 Å². The molecular weight excluding hydrogens is 322 g/mol. The number of carbonyl (C=O) groups excluding carboxylic acids is 2. The molecule has 132 valence electrons. The van der Waals surface area contributed by atoms with Gasteiger partial charge >= 0.3 is 0 Å². The van der Waals surface area contributed by atoms with Gasteiger partial charge in [0.25, 0.3) is 5.91 Å². The minimum absolute atomic E-state index is 0.0425. The molecule has 0 aliphatic carbocycles. The summed E-state index contributed by atoms with van der Waals surface area (Å²) in [6.07, 6.45) is 1.88. The molecule has 0 fully saturated rings. The van der Waals surface area contributed by atoms with Gasteiger partial charge in [0.2, 0.25) is 5.91 Å². The van der Waals surface area contributed by atoms with E-state index >= 15 is 0 Å². The van der Waals surface area contributed by atoms with E-state index in [4.69, 9.17) is 12.2 Å². The van der Waals surface area contributed by atoms with E-state index in [2.05, 4.69) is 24.5 Å². The molecule has 24 heavy (non-hydrogen) atoms. The molecule has 0 radical (unpaired) electrons. The van der Waals surface area contributed by atoms with Crippen molar-refractivity contribution in [2.75, 3.05) is 18.4 Å². The zero-order chi connectivity index (χ0) is 18.1. The zero-order valence-corrected chi connectivity index (χ0v) is 15.7. The van der Waals surface area contributed by atoms with Gasteiger partial charge in [0.05, 0.1) is 0 Å². The summed E-state index contributed by atoms with van der Waals surface area (Å²) >= 11 is 5.11. The van der Waals surface area contributed by atoms with Gasteiger partial charge in [0.15, 0.2) is 5.11 Å². The first-order chi connectivity index (χ1) is 11.4. The topological polar surface area (TPSA) is 61.4 Å². The third-order valence-electron chi connectivity index (χ3n) is 3.43. The maximum atomic E-state index is 12.5. The zero-order valence-electron chi connectivity index (χ0n) is 14.9. The summed E-state index contributed by atoms with van der Waals surface area (Å²) < 4.78 is 0. The molecule has 1 rings (SSSR count). The molecule has 2 N–H and O–H groups in total. The lowest BCUT2D eigenvalue weighted by Gasteiger charge is -2.21. The smallest absolute Gasteiger partial charge is 0.253 e. The molecule has 2 amide bonds. The molecule has 0 saturated carbocycles. The lowest BCUT2D eigenvalue weighted by atomic mass is 10.1. The van der Waals surface area contributed by atoms with E-state index in [1.54, 1.807) is 38.1 Å². The fourth-order valence-electron chi connectivity index (χ4n) is 2.15. The second-order valence-electron chi connectivity index (χ2n) is 5.97. The van der Waals surface area contributed by atoms with Crippen molar-refractivity contribution in [3.8, 4) is 0 Å². The van der Waals surface area contributed by atoms with Crippen LogP contribution in [0.3, 0.4) is 0 Å². The molecule has 0 heterocycles. The van der Waals surface area contributed by atoms with Crippen LogP contribution in [0.2, 0.25) is 0 Å². The van der Waals surface area contributed by atoms with Crippen LogP contribution >= 0.6 is 12.2 Å². The van der Waals surface area contributed by atoms with E-state index in [1.807, 2.05) is 4.90 Å². The predicted molar refractivity (Wildman–Crippen MR) is 102 cm³/mol. The highest BCUT2D eigenvalue weighted by atomic mass is 32.1. The molecule has 0 aliphatic heterocycles. The summed E-state index contributed by atoms with van der Waals surface area (Å²) in [5.41, 5.74) is 1.39. The van der Waals surface area contributed by atoms with Crippen molar-refractivity contribution >= 4 is 34.8 Å². The van der Waals surface area contributed by atoms with Crippen LogP contribution in [0.4, 0.5) is 5.69 Å². The third-order valence-corrected chi connectivity index (χ3v) is 3.63. The van der Waals surface area contributed by atoms with Crippen molar-refractivity contribution in [1.82, 2.24) is 10.2 Å². The summed E-state index contributed by atoms with van der Waals surface area (Å²) in [6.45, 7) is 9.26. The number of hydrogen-bond donors (Lipinski definition) is 2. The molecule has 0 unspecified atom stereocenters. The average molecular weight is 350 g/mol. The van der Waals surface area contributed by atoms with Crippen LogP contribution in [0.5, 0.6) is 0 Å². The lowest BCUT2D eigenvalue weighted by molar-refractivity contribution is -0.122. The first-order valence-corrected chi connectivity index (χ1v) is 8.81. The molecule has 0 aliphatic rings. The summed E-state index contributed by atoms with van der Waals surface area (Å²) in [5, 5.41) is 5.83. The number of benzene rings is 1. The Balaban J connectivity index is 2.69. The van der Waals surface area contributed by atoms with E-state index in [-0.39, 0.29) is 22.8 Å². The van der Waals surface area contributed by atoms with Gasteiger partial charge in [-0.2, -0.15) is 0 Å². The van der Waals surface area contributed by atoms with Crippen LogP contribution in [-0.4, -0.2) is 34.9 Å². The number of carbonyl (C=O) groups is 2. The Labute approximate surface area is 149 Å². The summed E-state index contributed by atoms with van der Waals surface area (Å²) in [7, 11) is 0. The Morgan fingerprint density at radius 2 is 1.62 bits per heavy atom. The number of nitrogens with one attached hydrogen (secondary N) is 2. The first-order valence-electron chi connectivity index (χ1n) is 8.40. The lowest BCUT2D eigenvalue weighted by Crippen LogP contribution is -2.36. The van der Waals surface area contributed by atoms with Crippen molar-refractivity contribution in [2.45, 2.75) is 40.5 Å². The second kappa shape index (κ2) is 10.0. The summed E-state index contributed by atoms with van der Waals surface area (Å²) in [5.74, 6) is -0.220. The Morgan fingerprint density at radius 1 is 1.08 bits per heavy atom. The largest absolute Gasteiger partial charge is 0.339 e. The molecule has 0 atom stereocenters. The molecule has 0 spiro atoms. The Morgan fingerprint density at radius 3 is 2.08 bits per heavy atom. The quantitative estimate of drug-likeness (QED) is 0.741. The van der Waals surface area contributed by atoms with Gasteiger partial charge in [-0.05, 0) is 49.3 Å². The number of nitrogens with zero attached hydrogens (tertiary/aromatic N) is 1. The summed E-state index contributed by atoms with van der Waals surface area (Å²) in [4.78, 5) is 26.0. The molecular formula is C18H27N3O2S. The first kappa shape index (κ1) is 20.1. The van der Waals surface area contributed by atoms with Crippen molar-refractivity contribution in [3.05, 3.63) is 29.8 Å². The SMILES string of the molecule is CCCN(CCC)C(=O)c1ccc(NC(=S)NC(=O)C(C)C)cc1. The number of hydrogen-bond acceptors (Lipinski definition) is 3. The highest BCUT2D eigenvalue weighted by molar-refractivity contribution is 7.80. The maximum absolute atomic E-state index is 12.5. The van der Waals surface area contributed by atoms with Gasteiger partial charge in [-0.1, -0.05) is 27.7 Å². The second-order valence-corrected chi connectivity index (χ2v) is 6.38. The van der Waals surface area contributed by atoms with Crippen LogP contribution in [0.15, 0.2) is 24.3 Å². The highest BCUT2D eigenvalue weighted by Gasteiger charge is 2.14. The van der Waals surface area contributed by atoms with Gasteiger partial charge < -0.3 is 15.5 Å². The van der Waals surface area contributed by atoms with Gasteiger partial charge in [-0.25, -0.2) is 0 Å². The van der Waals surface area contributed by atoms with Crippen LogP contribution in [-0.2, 0) is 4.79 Å². The predicted octanol–water partition coefficient (Wildman–Crippen LogP) is 3.42. The van der Waals surface area contributed by atoms with Crippen molar-refractivity contribution < 1.29 is 9.59 Å². The standard InChI is InChI=1S/C18H27N3O2S/c1-5-11-21(12-6-2)17(23)14-7-9-15(10-8-14)19-18(24)20-16(22)13(3)4/h7-10,13H,5-6,11-12H2,1-4H3,(H2,19,20,22,24). The van der Waals surface area contributed by atoms with Gasteiger partial charge in [-0.3, -0.25) is 9.59 Å². The van der Waals surface area contributed by atoms with Crippen molar-refractivity contribution in [3.63, 3.8) is 0 Å². The Bertz CT molecular complexity index is 564. The molecule has 6 heteroatoms. The van der Waals surface area contributed by atoms with E-state index in [0.717, 1.165) is 31.6 Å². The fraction of sp³-hybridized carbons (Fsp3) is 0.500. The van der Waals surface area contributed by atoms with Crippen LogP contribution in [0.25, 0.3) is 0 Å². The van der Waals surface area contributed by atoms with Gasteiger partial charge in [0.1, 0.15) is 0 Å². The third kappa shape index (κ3) is 6.28. The molecule has 0 bridgehead atoms. The number of thiocarbonyl (C=S) groups is 1. The molecule has 0 aromatic heterocycles. The number of amides is 2. The minimum atomic E-state index is -0.132.